The Morgan fingerprint density at radius 1 is 1.26 bits per heavy atom. The van der Waals surface area contributed by atoms with Crippen LogP contribution in [0.1, 0.15) is 33.4 Å². The average molecular weight is 487 g/mol. The molecule has 1 aliphatic heterocycles. The maximum absolute atomic E-state index is 12.4. The summed E-state index contributed by atoms with van der Waals surface area (Å²) in [4.78, 5) is 49.5. The maximum Gasteiger partial charge on any atom is 0.351 e. The molecule has 0 spiro atoms. The van der Waals surface area contributed by atoms with E-state index in [-0.39, 0.29) is 32.2 Å². The van der Waals surface area contributed by atoms with Crippen molar-refractivity contribution in [2.45, 2.75) is 57.8 Å². The summed E-state index contributed by atoms with van der Waals surface area (Å²) in [5.74, 6) is -1.42. The number of nitrogens with zero attached hydrogens (tertiary/aromatic N) is 2. The van der Waals surface area contributed by atoms with E-state index in [0.29, 0.717) is 0 Å². The Kier molecular flexibility index (Phi) is 10.5. The molecule has 1 aromatic heterocycles. The average Bonchev–Trinajstić information content (AvgIpc) is 3.06. The number of carbonyl (C=O) groups excluding carboxylic acids is 3. The summed E-state index contributed by atoms with van der Waals surface area (Å²) in [5, 5.41) is 22.3. The van der Waals surface area contributed by atoms with Gasteiger partial charge in [-0.3, -0.25) is 19.0 Å². The number of rotatable bonds is 12. The quantitative estimate of drug-likeness (QED) is 0.180. The normalized spacial score (nSPS) is 22.7. The van der Waals surface area contributed by atoms with Gasteiger partial charge in [0.05, 0.1) is 13.2 Å². The first-order chi connectivity index (χ1) is 16.1. The summed E-state index contributed by atoms with van der Waals surface area (Å²) in [6.45, 7) is 2.81. The van der Waals surface area contributed by atoms with Crippen LogP contribution in [0.5, 0.6) is 0 Å². The lowest BCUT2D eigenvalue weighted by Gasteiger charge is -2.22. The molecule has 14 heteroatoms. The third-order valence-corrected chi connectivity index (χ3v) is 4.63. The number of aromatic nitrogens is 2. The van der Waals surface area contributed by atoms with Crippen LogP contribution in [0.2, 0.25) is 0 Å². The molecule has 2 rings (SSSR count). The number of aliphatic hydroxyl groups is 2. The summed E-state index contributed by atoms with van der Waals surface area (Å²) in [7, 11) is 0. The van der Waals surface area contributed by atoms with Gasteiger partial charge < -0.3 is 39.2 Å². The lowest BCUT2D eigenvalue weighted by atomic mass is 10.1. The van der Waals surface area contributed by atoms with E-state index in [2.05, 4.69) is 10.3 Å². The third-order valence-electron chi connectivity index (χ3n) is 4.63. The molecule has 0 aliphatic carbocycles. The van der Waals surface area contributed by atoms with Gasteiger partial charge in [-0.25, -0.2) is 4.79 Å². The van der Waals surface area contributed by atoms with Crippen molar-refractivity contribution < 1.29 is 48.3 Å². The van der Waals surface area contributed by atoms with E-state index in [1.807, 2.05) is 0 Å². The number of ether oxygens (including phenoxy) is 5. The molecule has 1 amide bonds. The monoisotopic (exact) mass is 487 g/mol. The van der Waals surface area contributed by atoms with Gasteiger partial charge in [-0.1, -0.05) is 0 Å². The molecule has 2 heterocycles. The second-order valence-electron chi connectivity index (χ2n) is 7.40. The molecule has 34 heavy (non-hydrogen) atoms. The molecule has 3 N–H and O–H groups in total. The zero-order valence-electron chi connectivity index (χ0n) is 19.0. The first kappa shape index (κ1) is 27.3. The number of amides is 1. The van der Waals surface area contributed by atoms with E-state index in [0.717, 1.165) is 4.57 Å². The lowest BCUT2D eigenvalue weighted by Crippen LogP contribution is -2.38. The number of hydrogen-bond acceptors (Lipinski definition) is 12. The number of esters is 2. The molecule has 1 saturated heterocycles. The second kappa shape index (κ2) is 13.1. The zero-order chi connectivity index (χ0) is 25.3. The third kappa shape index (κ3) is 8.14. The zero-order valence-corrected chi connectivity index (χ0v) is 19.0. The van der Waals surface area contributed by atoms with Crippen molar-refractivity contribution >= 4 is 23.7 Å². The number of nitrogens with one attached hydrogen (secondary N) is 1. The Labute approximate surface area is 194 Å². The standard InChI is InChI=1S/C20H29N3O11/c1-11(25)21-16-4-6-23(20(29)22-16)19-18(17(28)15(8-24)34-19)32-10-30-7-5-14(33-13(3)27)9-31-12(2)26/h4,6,14-15,17-19,24,28H,5,7-10H2,1-3H3,(H,21,22,25,29)/t14?,15-,17?,18+,19-/m1/s1. The van der Waals surface area contributed by atoms with Crippen LogP contribution in [0.25, 0.3) is 0 Å². The van der Waals surface area contributed by atoms with Gasteiger partial charge in [-0.15, -0.1) is 0 Å². The van der Waals surface area contributed by atoms with Crippen molar-refractivity contribution in [2.24, 2.45) is 0 Å². The molecule has 2 unspecified atom stereocenters. The molecule has 0 aromatic carbocycles. The highest BCUT2D eigenvalue weighted by molar-refractivity contribution is 5.87. The van der Waals surface area contributed by atoms with Crippen LogP contribution in [0.3, 0.4) is 0 Å². The van der Waals surface area contributed by atoms with E-state index in [1.54, 1.807) is 0 Å². The van der Waals surface area contributed by atoms with Crippen molar-refractivity contribution in [3.8, 4) is 0 Å². The molecule has 5 atom stereocenters. The van der Waals surface area contributed by atoms with Gasteiger partial charge in [-0.05, 0) is 6.07 Å². The van der Waals surface area contributed by atoms with Crippen molar-refractivity contribution in [1.82, 2.24) is 9.55 Å². The summed E-state index contributed by atoms with van der Waals surface area (Å²) in [6, 6.07) is 1.37. The van der Waals surface area contributed by atoms with Gasteiger partial charge >= 0.3 is 17.6 Å². The van der Waals surface area contributed by atoms with E-state index < -0.39 is 60.8 Å². The Morgan fingerprint density at radius 3 is 2.59 bits per heavy atom. The maximum atomic E-state index is 12.4. The van der Waals surface area contributed by atoms with Crippen LogP contribution in [0.15, 0.2) is 17.1 Å². The molecule has 0 saturated carbocycles. The predicted octanol–water partition coefficient (Wildman–Crippen LogP) is -1.30. The minimum Gasteiger partial charge on any atom is -0.462 e. The lowest BCUT2D eigenvalue weighted by molar-refractivity contribution is -0.161. The van der Waals surface area contributed by atoms with E-state index in [9.17, 15) is 29.4 Å². The highest BCUT2D eigenvalue weighted by Gasteiger charge is 2.45. The fraction of sp³-hybridized carbons (Fsp3) is 0.650. The van der Waals surface area contributed by atoms with E-state index in [4.69, 9.17) is 23.7 Å². The summed E-state index contributed by atoms with van der Waals surface area (Å²) >= 11 is 0. The Bertz CT molecular complexity index is 906. The molecular formula is C20H29N3O11. The fourth-order valence-electron chi connectivity index (χ4n) is 3.15. The molecule has 190 valence electrons. The minimum absolute atomic E-state index is 0.0443. The van der Waals surface area contributed by atoms with Crippen molar-refractivity contribution in [2.75, 3.05) is 31.9 Å². The number of hydrogen-bond donors (Lipinski definition) is 3. The van der Waals surface area contributed by atoms with Gasteiger partial charge in [0.15, 0.2) is 6.23 Å². The van der Waals surface area contributed by atoms with Crippen LogP contribution < -0.4 is 11.0 Å². The second-order valence-corrected chi connectivity index (χ2v) is 7.40. The van der Waals surface area contributed by atoms with Gasteiger partial charge in [0.25, 0.3) is 0 Å². The molecule has 1 fully saturated rings. The molecular weight excluding hydrogens is 458 g/mol. The minimum atomic E-state index is -1.28. The SMILES string of the molecule is CC(=O)Nc1ccn([C@@H]2O[C@H](CO)C(O)[C@@H]2OCOCCC(COC(C)=O)OC(C)=O)c(=O)n1. The molecule has 0 radical (unpaired) electrons. The number of aliphatic hydroxyl groups excluding tert-OH is 2. The Balaban J connectivity index is 1.96. The summed E-state index contributed by atoms with van der Waals surface area (Å²) in [6.07, 6.45) is -3.70. The molecule has 0 bridgehead atoms. The van der Waals surface area contributed by atoms with Crippen LogP contribution in [-0.2, 0) is 38.1 Å². The van der Waals surface area contributed by atoms with Crippen LogP contribution in [0.4, 0.5) is 5.82 Å². The first-order valence-electron chi connectivity index (χ1n) is 10.4. The van der Waals surface area contributed by atoms with Crippen LogP contribution in [0, 0.1) is 0 Å². The largest absolute Gasteiger partial charge is 0.462 e. The van der Waals surface area contributed by atoms with Gasteiger partial charge in [-0.2, -0.15) is 4.98 Å². The first-order valence-corrected chi connectivity index (χ1v) is 10.4. The van der Waals surface area contributed by atoms with Gasteiger partial charge in [0.1, 0.15) is 43.6 Å². The van der Waals surface area contributed by atoms with E-state index in [1.165, 1.54) is 33.0 Å². The van der Waals surface area contributed by atoms with Gasteiger partial charge in [0.2, 0.25) is 5.91 Å². The van der Waals surface area contributed by atoms with Crippen molar-refractivity contribution in [1.29, 1.82) is 0 Å². The Hall–Kier alpha value is -2.91. The van der Waals surface area contributed by atoms with Crippen molar-refractivity contribution in [3.63, 3.8) is 0 Å². The van der Waals surface area contributed by atoms with Crippen LogP contribution in [-0.4, -0.2) is 88.6 Å². The summed E-state index contributed by atoms with van der Waals surface area (Å²) < 4.78 is 27.5. The smallest absolute Gasteiger partial charge is 0.351 e. The fourth-order valence-corrected chi connectivity index (χ4v) is 3.15. The topological polar surface area (TPSA) is 185 Å². The molecule has 1 aliphatic rings. The van der Waals surface area contributed by atoms with Crippen molar-refractivity contribution in [3.05, 3.63) is 22.7 Å². The van der Waals surface area contributed by atoms with Gasteiger partial charge in [0, 0.05) is 33.4 Å². The highest BCUT2D eigenvalue weighted by atomic mass is 16.7. The number of carbonyl (C=O) groups is 3. The molecule has 1 aromatic rings. The highest BCUT2D eigenvalue weighted by Crippen LogP contribution is 2.30. The predicted molar refractivity (Wildman–Crippen MR) is 112 cm³/mol. The Morgan fingerprint density at radius 2 is 2.00 bits per heavy atom. The van der Waals surface area contributed by atoms with Crippen LogP contribution >= 0.6 is 0 Å². The number of anilines is 1. The summed E-state index contributed by atoms with van der Waals surface area (Å²) in [5.41, 5.74) is -0.772. The van der Waals surface area contributed by atoms with E-state index >= 15 is 0 Å². The molecule has 14 nitrogen and oxygen atoms in total.